The van der Waals surface area contributed by atoms with E-state index in [1.807, 2.05) is 4.90 Å². The van der Waals surface area contributed by atoms with Crippen molar-refractivity contribution in [2.24, 2.45) is 5.41 Å². The van der Waals surface area contributed by atoms with E-state index in [-0.39, 0.29) is 17.4 Å². The standard InChI is InChI=1S/C13H26N2O/c1-6-13(4,5)9-15-8-7-11(12(15)16)14-10(2)3/h10-11,14H,6-9H2,1-5H3. The van der Waals surface area contributed by atoms with Gasteiger partial charge in [-0.15, -0.1) is 0 Å². The zero-order chi connectivity index (χ0) is 12.3. The van der Waals surface area contributed by atoms with Crippen LogP contribution in [0.2, 0.25) is 0 Å². The first-order valence-corrected chi connectivity index (χ1v) is 6.40. The summed E-state index contributed by atoms with van der Waals surface area (Å²) in [6.45, 7) is 12.6. The second-order valence-corrected chi connectivity index (χ2v) is 5.94. The van der Waals surface area contributed by atoms with Crippen molar-refractivity contribution in [2.45, 2.75) is 59.5 Å². The van der Waals surface area contributed by atoms with Gasteiger partial charge in [-0.25, -0.2) is 0 Å². The minimum absolute atomic E-state index is 0.0488. The van der Waals surface area contributed by atoms with Crippen molar-refractivity contribution in [3.8, 4) is 0 Å². The van der Waals surface area contributed by atoms with E-state index in [2.05, 4.69) is 39.9 Å². The fourth-order valence-electron chi connectivity index (χ4n) is 2.08. The van der Waals surface area contributed by atoms with Crippen LogP contribution < -0.4 is 5.32 Å². The minimum Gasteiger partial charge on any atom is -0.341 e. The van der Waals surface area contributed by atoms with E-state index < -0.39 is 0 Å². The molecule has 0 saturated carbocycles. The van der Waals surface area contributed by atoms with E-state index in [4.69, 9.17) is 0 Å². The first-order chi connectivity index (χ1) is 7.35. The summed E-state index contributed by atoms with van der Waals surface area (Å²) in [5.74, 6) is 0.287. The highest BCUT2D eigenvalue weighted by atomic mass is 16.2. The van der Waals surface area contributed by atoms with Gasteiger partial charge in [0.1, 0.15) is 0 Å². The predicted octanol–water partition coefficient (Wildman–Crippen LogP) is 2.02. The van der Waals surface area contributed by atoms with E-state index in [0.29, 0.717) is 6.04 Å². The number of amides is 1. The SMILES string of the molecule is CCC(C)(C)CN1CCC(NC(C)C)C1=O. The normalized spacial score (nSPS) is 22.2. The van der Waals surface area contributed by atoms with Crippen LogP contribution in [0.3, 0.4) is 0 Å². The largest absolute Gasteiger partial charge is 0.341 e. The van der Waals surface area contributed by atoms with E-state index >= 15 is 0 Å². The minimum atomic E-state index is 0.0488. The molecule has 0 aliphatic carbocycles. The van der Waals surface area contributed by atoms with Gasteiger partial charge in [-0.2, -0.15) is 0 Å². The third-order valence-electron chi connectivity index (χ3n) is 3.41. The van der Waals surface area contributed by atoms with Crippen molar-refractivity contribution >= 4 is 5.91 Å². The molecule has 1 rings (SSSR count). The zero-order valence-electron chi connectivity index (χ0n) is 11.3. The Morgan fingerprint density at radius 3 is 2.62 bits per heavy atom. The lowest BCUT2D eigenvalue weighted by molar-refractivity contribution is -0.130. The number of carbonyl (C=O) groups excluding carboxylic acids is 1. The van der Waals surface area contributed by atoms with Crippen molar-refractivity contribution in [1.82, 2.24) is 10.2 Å². The van der Waals surface area contributed by atoms with Gasteiger partial charge in [0.2, 0.25) is 5.91 Å². The number of hydrogen-bond donors (Lipinski definition) is 1. The zero-order valence-corrected chi connectivity index (χ0v) is 11.3. The smallest absolute Gasteiger partial charge is 0.239 e. The summed E-state index contributed by atoms with van der Waals surface area (Å²) in [6, 6.07) is 0.431. The van der Waals surface area contributed by atoms with Crippen LogP contribution in [0.15, 0.2) is 0 Å². The summed E-state index contributed by atoms with van der Waals surface area (Å²) in [5, 5.41) is 3.33. The molecule has 0 aromatic heterocycles. The summed E-state index contributed by atoms with van der Waals surface area (Å²) in [5.41, 5.74) is 0.238. The first kappa shape index (κ1) is 13.5. The molecule has 94 valence electrons. The molecule has 1 aliphatic heterocycles. The Morgan fingerprint density at radius 1 is 1.50 bits per heavy atom. The van der Waals surface area contributed by atoms with Crippen molar-refractivity contribution in [2.75, 3.05) is 13.1 Å². The van der Waals surface area contributed by atoms with Crippen molar-refractivity contribution in [3.63, 3.8) is 0 Å². The lowest BCUT2D eigenvalue weighted by atomic mass is 9.90. The van der Waals surface area contributed by atoms with Gasteiger partial charge < -0.3 is 10.2 Å². The maximum atomic E-state index is 12.1. The van der Waals surface area contributed by atoms with E-state index in [9.17, 15) is 4.79 Å². The molecule has 3 nitrogen and oxygen atoms in total. The van der Waals surface area contributed by atoms with Gasteiger partial charge in [-0.3, -0.25) is 4.79 Å². The van der Waals surface area contributed by atoms with E-state index in [1.54, 1.807) is 0 Å². The van der Waals surface area contributed by atoms with Crippen LogP contribution in [0.1, 0.15) is 47.5 Å². The van der Waals surface area contributed by atoms with Gasteiger partial charge in [0.05, 0.1) is 6.04 Å². The third-order valence-corrected chi connectivity index (χ3v) is 3.41. The molecule has 1 amide bonds. The van der Waals surface area contributed by atoms with Crippen LogP contribution in [0.5, 0.6) is 0 Å². The molecule has 0 aromatic carbocycles. The summed E-state index contributed by atoms with van der Waals surface area (Å²) in [6.07, 6.45) is 2.07. The van der Waals surface area contributed by atoms with Crippen LogP contribution in [0.25, 0.3) is 0 Å². The Bertz CT molecular complexity index is 248. The fraction of sp³-hybridized carbons (Fsp3) is 0.923. The summed E-state index contributed by atoms with van der Waals surface area (Å²) < 4.78 is 0. The molecule has 1 atom stereocenters. The molecule has 1 heterocycles. The first-order valence-electron chi connectivity index (χ1n) is 6.40. The second kappa shape index (κ2) is 5.17. The topological polar surface area (TPSA) is 32.3 Å². The van der Waals surface area contributed by atoms with E-state index in [1.165, 1.54) is 0 Å². The number of carbonyl (C=O) groups is 1. The Morgan fingerprint density at radius 2 is 2.12 bits per heavy atom. The van der Waals surface area contributed by atoms with Crippen LogP contribution in [-0.4, -0.2) is 36.0 Å². The van der Waals surface area contributed by atoms with Crippen LogP contribution in [-0.2, 0) is 4.79 Å². The second-order valence-electron chi connectivity index (χ2n) is 5.94. The molecular weight excluding hydrogens is 200 g/mol. The highest BCUT2D eigenvalue weighted by Gasteiger charge is 2.34. The van der Waals surface area contributed by atoms with Crippen molar-refractivity contribution in [3.05, 3.63) is 0 Å². The molecule has 0 radical (unpaired) electrons. The third kappa shape index (κ3) is 3.48. The summed E-state index contributed by atoms with van der Waals surface area (Å²) in [4.78, 5) is 14.1. The van der Waals surface area contributed by atoms with Crippen LogP contribution >= 0.6 is 0 Å². The highest BCUT2D eigenvalue weighted by molar-refractivity contribution is 5.84. The Kier molecular flexibility index (Phi) is 4.36. The number of nitrogens with zero attached hydrogens (tertiary/aromatic N) is 1. The Labute approximate surface area is 99.6 Å². The maximum absolute atomic E-state index is 12.1. The van der Waals surface area contributed by atoms with Gasteiger partial charge in [-0.05, 0) is 18.3 Å². The molecule has 1 aliphatic rings. The van der Waals surface area contributed by atoms with Crippen LogP contribution in [0, 0.1) is 5.41 Å². The van der Waals surface area contributed by atoms with Gasteiger partial charge in [0.25, 0.3) is 0 Å². The Hall–Kier alpha value is -0.570. The Balaban J connectivity index is 2.51. The summed E-state index contributed by atoms with van der Waals surface area (Å²) in [7, 11) is 0. The fourth-order valence-corrected chi connectivity index (χ4v) is 2.08. The molecule has 0 aromatic rings. The molecule has 16 heavy (non-hydrogen) atoms. The lowest BCUT2D eigenvalue weighted by Gasteiger charge is -2.29. The molecule has 0 bridgehead atoms. The molecule has 0 spiro atoms. The van der Waals surface area contributed by atoms with Gasteiger partial charge in [-0.1, -0.05) is 34.6 Å². The van der Waals surface area contributed by atoms with E-state index in [0.717, 1.165) is 25.9 Å². The van der Waals surface area contributed by atoms with Gasteiger partial charge >= 0.3 is 0 Å². The van der Waals surface area contributed by atoms with Gasteiger partial charge in [0, 0.05) is 19.1 Å². The average molecular weight is 226 g/mol. The number of rotatable bonds is 5. The number of hydrogen-bond acceptors (Lipinski definition) is 2. The number of likely N-dealkylation sites (tertiary alicyclic amines) is 1. The quantitative estimate of drug-likeness (QED) is 0.778. The predicted molar refractivity (Wildman–Crippen MR) is 67.3 cm³/mol. The maximum Gasteiger partial charge on any atom is 0.239 e. The average Bonchev–Trinajstić information content (AvgIpc) is 2.49. The molecule has 1 unspecified atom stereocenters. The molecule has 3 heteroatoms. The molecule has 1 saturated heterocycles. The summed E-state index contributed by atoms with van der Waals surface area (Å²) >= 11 is 0. The lowest BCUT2D eigenvalue weighted by Crippen LogP contribution is -2.43. The van der Waals surface area contributed by atoms with Crippen molar-refractivity contribution < 1.29 is 4.79 Å². The van der Waals surface area contributed by atoms with Gasteiger partial charge in [0.15, 0.2) is 0 Å². The number of nitrogens with one attached hydrogen (secondary N) is 1. The van der Waals surface area contributed by atoms with Crippen molar-refractivity contribution in [1.29, 1.82) is 0 Å². The highest BCUT2D eigenvalue weighted by Crippen LogP contribution is 2.24. The monoisotopic (exact) mass is 226 g/mol. The molecule has 1 N–H and O–H groups in total. The molecule has 1 fully saturated rings. The van der Waals surface area contributed by atoms with Crippen LogP contribution in [0.4, 0.5) is 0 Å². The molecular formula is C13H26N2O.